The number of rotatable bonds is 6. The molecule has 1 atom stereocenters. The Labute approximate surface area is 76.9 Å². The maximum absolute atomic E-state index is 11.7. The quantitative estimate of drug-likeness (QED) is 0.694. The van der Waals surface area contributed by atoms with Crippen LogP contribution in [0, 0.1) is 0 Å². The summed E-state index contributed by atoms with van der Waals surface area (Å²) in [5.74, 6) is 0. The predicted molar refractivity (Wildman–Crippen MR) is 45.4 cm³/mol. The van der Waals surface area contributed by atoms with Crippen LogP contribution in [0.1, 0.15) is 45.4 Å². The lowest BCUT2D eigenvalue weighted by Crippen LogP contribution is -2.11. The fraction of sp³-hybridized carbons (Fsp3) is 1.00. The molecule has 1 N–H and O–H groups in total. The Morgan fingerprint density at radius 1 is 1.15 bits per heavy atom. The molecule has 0 rings (SSSR count). The zero-order valence-corrected chi connectivity index (χ0v) is 7.90. The van der Waals surface area contributed by atoms with E-state index in [9.17, 15) is 18.3 Å². The molecule has 0 aliphatic heterocycles. The fourth-order valence-electron chi connectivity index (χ4n) is 1.12. The van der Waals surface area contributed by atoms with Gasteiger partial charge < -0.3 is 5.11 Å². The molecule has 0 aromatic rings. The first-order valence-corrected chi connectivity index (χ1v) is 4.70. The van der Waals surface area contributed by atoms with Crippen molar-refractivity contribution in [1.82, 2.24) is 0 Å². The number of hydrogen-bond acceptors (Lipinski definition) is 1. The van der Waals surface area contributed by atoms with Crippen molar-refractivity contribution >= 4 is 0 Å². The summed E-state index contributed by atoms with van der Waals surface area (Å²) in [5.41, 5.74) is 0. The van der Waals surface area contributed by atoms with Gasteiger partial charge in [0.05, 0.1) is 6.10 Å². The summed E-state index contributed by atoms with van der Waals surface area (Å²) in [5, 5.41) is 9.21. The van der Waals surface area contributed by atoms with Crippen molar-refractivity contribution in [2.24, 2.45) is 0 Å². The van der Waals surface area contributed by atoms with Gasteiger partial charge in [-0.1, -0.05) is 19.8 Å². The van der Waals surface area contributed by atoms with Crippen LogP contribution in [0.4, 0.5) is 13.2 Å². The lowest BCUT2D eigenvalue weighted by atomic mass is 10.1. The fourth-order valence-corrected chi connectivity index (χ4v) is 1.12. The van der Waals surface area contributed by atoms with Crippen LogP contribution in [0.15, 0.2) is 0 Å². The van der Waals surface area contributed by atoms with Crippen molar-refractivity contribution in [1.29, 1.82) is 0 Å². The Balaban J connectivity index is 3.31. The van der Waals surface area contributed by atoms with Gasteiger partial charge in [-0.25, -0.2) is 0 Å². The standard InChI is InChI=1S/C9H17F3O/c1-2-3-5-8(13)6-4-7-9(10,11)12/h8,13H,2-7H2,1H3/t8-/m1/s1. The summed E-state index contributed by atoms with van der Waals surface area (Å²) in [7, 11) is 0. The molecule has 1 nitrogen and oxygen atoms in total. The van der Waals surface area contributed by atoms with Crippen LogP contribution in [-0.2, 0) is 0 Å². The molecule has 0 aliphatic carbocycles. The maximum atomic E-state index is 11.7. The van der Waals surface area contributed by atoms with E-state index in [1.165, 1.54) is 0 Å². The molecule has 13 heavy (non-hydrogen) atoms. The van der Waals surface area contributed by atoms with Gasteiger partial charge in [-0.3, -0.25) is 0 Å². The molecule has 4 heteroatoms. The maximum Gasteiger partial charge on any atom is 0.389 e. The van der Waals surface area contributed by atoms with Gasteiger partial charge in [0.1, 0.15) is 0 Å². The van der Waals surface area contributed by atoms with E-state index < -0.39 is 18.7 Å². The monoisotopic (exact) mass is 198 g/mol. The van der Waals surface area contributed by atoms with Crippen LogP contribution >= 0.6 is 0 Å². The largest absolute Gasteiger partial charge is 0.393 e. The van der Waals surface area contributed by atoms with Crippen LogP contribution in [0.25, 0.3) is 0 Å². The third-order valence-electron chi connectivity index (χ3n) is 1.89. The first-order chi connectivity index (χ1) is 5.95. The van der Waals surface area contributed by atoms with E-state index >= 15 is 0 Å². The van der Waals surface area contributed by atoms with Crippen molar-refractivity contribution in [2.75, 3.05) is 0 Å². The molecule has 0 radical (unpaired) electrons. The van der Waals surface area contributed by atoms with Gasteiger partial charge in [-0.05, 0) is 19.3 Å². The van der Waals surface area contributed by atoms with Gasteiger partial charge in [0.2, 0.25) is 0 Å². The van der Waals surface area contributed by atoms with Crippen LogP contribution < -0.4 is 0 Å². The van der Waals surface area contributed by atoms with Gasteiger partial charge in [0.15, 0.2) is 0 Å². The Kier molecular flexibility index (Phi) is 6.12. The summed E-state index contributed by atoms with van der Waals surface area (Å²) in [6, 6.07) is 0. The highest BCUT2D eigenvalue weighted by Crippen LogP contribution is 2.23. The Bertz CT molecular complexity index is 123. The normalized spacial score (nSPS) is 14.5. The van der Waals surface area contributed by atoms with Gasteiger partial charge in [0.25, 0.3) is 0 Å². The average molecular weight is 198 g/mol. The number of aliphatic hydroxyl groups is 1. The molecule has 0 aromatic heterocycles. The van der Waals surface area contributed by atoms with Crippen LogP contribution in [0.2, 0.25) is 0 Å². The Morgan fingerprint density at radius 2 is 1.69 bits per heavy atom. The minimum Gasteiger partial charge on any atom is -0.393 e. The average Bonchev–Trinajstić information content (AvgIpc) is 1.98. The molecule has 0 heterocycles. The van der Waals surface area contributed by atoms with Gasteiger partial charge in [0, 0.05) is 6.42 Å². The smallest absolute Gasteiger partial charge is 0.389 e. The number of halogens is 3. The SMILES string of the molecule is CCCC[C@@H](O)CCCC(F)(F)F. The number of aliphatic hydroxyl groups excluding tert-OH is 1. The Morgan fingerprint density at radius 3 is 2.15 bits per heavy atom. The highest BCUT2D eigenvalue weighted by molar-refractivity contribution is 4.58. The minimum absolute atomic E-state index is 0.0361. The summed E-state index contributed by atoms with van der Waals surface area (Å²) in [6.45, 7) is 1.99. The van der Waals surface area contributed by atoms with Crippen molar-refractivity contribution in [3.05, 3.63) is 0 Å². The lowest BCUT2D eigenvalue weighted by Gasteiger charge is -2.10. The predicted octanol–water partition coefficient (Wildman–Crippen LogP) is 3.27. The molecule has 80 valence electrons. The van der Waals surface area contributed by atoms with Gasteiger partial charge >= 0.3 is 6.18 Å². The molecule has 0 spiro atoms. The van der Waals surface area contributed by atoms with Crippen molar-refractivity contribution in [2.45, 2.75) is 57.7 Å². The third-order valence-corrected chi connectivity index (χ3v) is 1.89. The van der Waals surface area contributed by atoms with Crippen molar-refractivity contribution < 1.29 is 18.3 Å². The van der Waals surface area contributed by atoms with E-state index in [0.717, 1.165) is 12.8 Å². The molecule has 0 unspecified atom stereocenters. The van der Waals surface area contributed by atoms with E-state index in [4.69, 9.17) is 0 Å². The minimum atomic E-state index is -4.08. The highest BCUT2D eigenvalue weighted by atomic mass is 19.4. The van der Waals surface area contributed by atoms with E-state index in [1.54, 1.807) is 0 Å². The lowest BCUT2D eigenvalue weighted by molar-refractivity contribution is -0.136. The molecule has 0 bridgehead atoms. The van der Waals surface area contributed by atoms with Gasteiger partial charge in [-0.2, -0.15) is 13.2 Å². The van der Waals surface area contributed by atoms with Crippen molar-refractivity contribution in [3.8, 4) is 0 Å². The Hall–Kier alpha value is -0.250. The van der Waals surface area contributed by atoms with Crippen molar-refractivity contribution in [3.63, 3.8) is 0 Å². The first-order valence-electron chi connectivity index (χ1n) is 4.70. The number of hydrogen-bond donors (Lipinski definition) is 1. The molecular weight excluding hydrogens is 181 g/mol. The number of unbranched alkanes of at least 4 members (excludes halogenated alkanes) is 1. The zero-order valence-electron chi connectivity index (χ0n) is 7.90. The first kappa shape index (κ1) is 12.8. The van der Waals surface area contributed by atoms with Crippen LogP contribution in [0.5, 0.6) is 0 Å². The summed E-state index contributed by atoms with van der Waals surface area (Å²) in [6.07, 6.45) is -2.64. The topological polar surface area (TPSA) is 20.2 Å². The summed E-state index contributed by atoms with van der Waals surface area (Å²) >= 11 is 0. The molecule has 0 saturated heterocycles. The second-order valence-corrected chi connectivity index (χ2v) is 3.30. The molecule has 0 aliphatic rings. The van der Waals surface area contributed by atoms with E-state index in [2.05, 4.69) is 0 Å². The molecule has 0 fully saturated rings. The zero-order chi connectivity index (χ0) is 10.3. The van der Waals surface area contributed by atoms with E-state index in [1.807, 2.05) is 6.92 Å². The summed E-state index contributed by atoms with van der Waals surface area (Å²) < 4.78 is 35.0. The van der Waals surface area contributed by atoms with Crippen LogP contribution in [0.3, 0.4) is 0 Å². The van der Waals surface area contributed by atoms with Gasteiger partial charge in [-0.15, -0.1) is 0 Å². The van der Waals surface area contributed by atoms with E-state index in [0.29, 0.717) is 6.42 Å². The summed E-state index contributed by atoms with van der Waals surface area (Å²) in [4.78, 5) is 0. The molecule has 0 amide bonds. The highest BCUT2D eigenvalue weighted by Gasteiger charge is 2.26. The third kappa shape index (κ3) is 9.67. The number of alkyl halides is 3. The van der Waals surface area contributed by atoms with E-state index in [-0.39, 0.29) is 12.8 Å². The molecular formula is C9H17F3O. The molecule has 0 aromatic carbocycles. The second-order valence-electron chi connectivity index (χ2n) is 3.30. The second kappa shape index (κ2) is 6.24. The van der Waals surface area contributed by atoms with Crippen LogP contribution in [-0.4, -0.2) is 17.4 Å². The molecule has 0 saturated carbocycles.